The Morgan fingerprint density at radius 2 is 1.79 bits per heavy atom. The van der Waals surface area contributed by atoms with Crippen LogP contribution in [0.4, 0.5) is 4.79 Å². The lowest BCUT2D eigenvalue weighted by Gasteiger charge is -2.37. The van der Waals surface area contributed by atoms with Crippen molar-refractivity contribution in [1.29, 1.82) is 0 Å². The lowest BCUT2D eigenvalue weighted by Crippen LogP contribution is -2.54. The Morgan fingerprint density at radius 1 is 1.07 bits per heavy atom. The van der Waals surface area contributed by atoms with Crippen LogP contribution in [-0.4, -0.2) is 76.2 Å². The second-order valence-electron chi connectivity index (χ2n) is 8.01. The predicted molar refractivity (Wildman–Crippen MR) is 109 cm³/mol. The fraction of sp³-hybridized carbons (Fsp3) is 0.571. The number of likely N-dealkylation sites (tertiary alicyclic amines) is 1. The summed E-state index contributed by atoms with van der Waals surface area (Å²) < 4.78 is 5.13. The van der Waals surface area contributed by atoms with Crippen LogP contribution in [0.15, 0.2) is 35.0 Å². The number of rotatable bonds is 5. The van der Waals surface area contributed by atoms with Crippen LogP contribution < -0.4 is 5.32 Å². The highest BCUT2D eigenvalue weighted by Gasteiger charge is 2.26. The topological polar surface area (TPSA) is 77.7 Å². The van der Waals surface area contributed by atoms with Crippen molar-refractivity contribution >= 4 is 6.03 Å². The number of carbonyl (C=O) groups is 1. The van der Waals surface area contributed by atoms with Gasteiger partial charge in [-0.25, -0.2) is 4.79 Å². The van der Waals surface area contributed by atoms with E-state index in [4.69, 9.17) is 4.52 Å². The Labute approximate surface area is 171 Å². The molecule has 0 atom stereocenters. The first kappa shape index (κ1) is 19.8. The van der Waals surface area contributed by atoms with Crippen LogP contribution in [0.3, 0.4) is 0 Å². The van der Waals surface area contributed by atoms with Gasteiger partial charge >= 0.3 is 6.03 Å². The first-order chi connectivity index (χ1) is 14.2. The lowest BCUT2D eigenvalue weighted by atomic mass is 10.0. The molecule has 2 saturated heterocycles. The number of hydrogen-bond acceptors (Lipinski definition) is 6. The third-order valence-electron chi connectivity index (χ3n) is 5.75. The van der Waals surface area contributed by atoms with Gasteiger partial charge in [-0.1, -0.05) is 11.2 Å². The molecule has 8 heteroatoms. The molecule has 2 aliphatic heterocycles. The number of pyridine rings is 1. The Balaban J connectivity index is 1.16. The zero-order valence-electron chi connectivity index (χ0n) is 17.1. The highest BCUT2D eigenvalue weighted by atomic mass is 16.5. The van der Waals surface area contributed by atoms with Crippen molar-refractivity contribution in [3.8, 4) is 0 Å². The number of nitrogens with one attached hydrogen (secondary N) is 1. The van der Waals surface area contributed by atoms with E-state index in [1.165, 1.54) is 0 Å². The van der Waals surface area contributed by atoms with E-state index in [0.717, 1.165) is 82.3 Å². The average Bonchev–Trinajstić information content (AvgIpc) is 3.15. The molecule has 4 rings (SSSR count). The molecule has 1 N–H and O–H groups in total. The van der Waals surface area contributed by atoms with Crippen molar-refractivity contribution in [2.45, 2.75) is 38.9 Å². The molecule has 0 radical (unpaired) electrons. The van der Waals surface area contributed by atoms with E-state index in [1.54, 1.807) is 0 Å². The molecule has 4 heterocycles. The SMILES string of the molecule is Cc1cc(CN2CCN(C(=O)NC3CCN(Cc4ccccn4)CC3)CC2)no1. The van der Waals surface area contributed by atoms with E-state index >= 15 is 0 Å². The largest absolute Gasteiger partial charge is 0.361 e. The highest BCUT2D eigenvalue weighted by molar-refractivity contribution is 5.74. The fourth-order valence-corrected chi connectivity index (χ4v) is 4.05. The number of amides is 2. The number of carbonyl (C=O) groups excluding carboxylic acids is 1. The second kappa shape index (κ2) is 9.37. The van der Waals surface area contributed by atoms with Crippen molar-refractivity contribution in [2.75, 3.05) is 39.3 Å². The minimum Gasteiger partial charge on any atom is -0.361 e. The van der Waals surface area contributed by atoms with Crippen LogP contribution in [0.2, 0.25) is 0 Å². The summed E-state index contributed by atoms with van der Waals surface area (Å²) in [5, 5.41) is 7.30. The Hall–Kier alpha value is -2.45. The maximum absolute atomic E-state index is 12.7. The summed E-state index contributed by atoms with van der Waals surface area (Å²) in [5.74, 6) is 0.837. The maximum atomic E-state index is 12.7. The van der Waals surface area contributed by atoms with Gasteiger partial charge in [-0.15, -0.1) is 0 Å². The molecular formula is C21H30N6O2. The summed E-state index contributed by atoms with van der Waals surface area (Å²) in [5.41, 5.74) is 2.06. The summed E-state index contributed by atoms with van der Waals surface area (Å²) >= 11 is 0. The monoisotopic (exact) mass is 398 g/mol. The van der Waals surface area contributed by atoms with Gasteiger partial charge in [0.1, 0.15) is 5.76 Å². The molecule has 2 aliphatic rings. The minimum atomic E-state index is 0.0742. The normalized spacial score (nSPS) is 19.4. The van der Waals surface area contributed by atoms with Crippen LogP contribution in [0.5, 0.6) is 0 Å². The predicted octanol–water partition coefficient (Wildman–Crippen LogP) is 1.87. The molecule has 156 valence electrons. The van der Waals surface area contributed by atoms with Gasteiger partial charge in [0.2, 0.25) is 0 Å². The summed E-state index contributed by atoms with van der Waals surface area (Å²) in [6, 6.07) is 8.35. The molecule has 2 aromatic rings. The molecule has 0 bridgehead atoms. The third-order valence-corrected chi connectivity index (χ3v) is 5.75. The van der Waals surface area contributed by atoms with E-state index in [-0.39, 0.29) is 12.1 Å². The molecule has 0 saturated carbocycles. The van der Waals surface area contributed by atoms with Gasteiger partial charge in [0.15, 0.2) is 0 Å². The molecule has 2 aromatic heterocycles. The van der Waals surface area contributed by atoms with Gasteiger partial charge < -0.3 is 14.7 Å². The van der Waals surface area contributed by atoms with Crippen molar-refractivity contribution in [1.82, 2.24) is 30.2 Å². The number of aryl methyl sites for hydroxylation is 1. The molecule has 0 unspecified atom stereocenters. The maximum Gasteiger partial charge on any atom is 0.317 e. The van der Waals surface area contributed by atoms with Crippen LogP contribution in [-0.2, 0) is 13.1 Å². The van der Waals surface area contributed by atoms with Gasteiger partial charge in [-0.3, -0.25) is 14.8 Å². The van der Waals surface area contributed by atoms with Crippen LogP contribution in [0.25, 0.3) is 0 Å². The van der Waals surface area contributed by atoms with Gasteiger partial charge in [0.25, 0.3) is 0 Å². The zero-order chi connectivity index (χ0) is 20.1. The number of hydrogen-bond donors (Lipinski definition) is 1. The Kier molecular flexibility index (Phi) is 6.41. The van der Waals surface area contributed by atoms with Crippen LogP contribution in [0, 0.1) is 6.92 Å². The number of aromatic nitrogens is 2. The van der Waals surface area contributed by atoms with Crippen molar-refractivity contribution in [2.24, 2.45) is 0 Å². The molecule has 0 spiro atoms. The number of nitrogens with zero attached hydrogens (tertiary/aromatic N) is 5. The molecule has 2 amide bonds. The second-order valence-corrected chi connectivity index (χ2v) is 8.01. The summed E-state index contributed by atoms with van der Waals surface area (Å²) in [7, 11) is 0. The summed E-state index contributed by atoms with van der Waals surface area (Å²) in [6.45, 7) is 8.78. The molecular weight excluding hydrogens is 368 g/mol. The summed E-state index contributed by atoms with van der Waals surface area (Å²) in [4.78, 5) is 23.7. The van der Waals surface area contributed by atoms with E-state index < -0.39 is 0 Å². The van der Waals surface area contributed by atoms with Crippen LogP contribution in [0.1, 0.15) is 30.0 Å². The summed E-state index contributed by atoms with van der Waals surface area (Å²) in [6.07, 6.45) is 3.82. The van der Waals surface area contributed by atoms with Crippen molar-refractivity contribution in [3.63, 3.8) is 0 Å². The fourth-order valence-electron chi connectivity index (χ4n) is 4.05. The van der Waals surface area contributed by atoms with Gasteiger partial charge in [-0.05, 0) is 31.9 Å². The molecule has 2 fully saturated rings. The van der Waals surface area contributed by atoms with E-state index in [9.17, 15) is 4.79 Å². The van der Waals surface area contributed by atoms with E-state index in [0.29, 0.717) is 0 Å². The lowest BCUT2D eigenvalue weighted by molar-refractivity contribution is 0.126. The first-order valence-corrected chi connectivity index (χ1v) is 10.5. The smallest absolute Gasteiger partial charge is 0.317 e. The zero-order valence-corrected chi connectivity index (χ0v) is 17.1. The average molecular weight is 399 g/mol. The minimum absolute atomic E-state index is 0.0742. The highest BCUT2D eigenvalue weighted by Crippen LogP contribution is 2.14. The number of piperazine rings is 1. The quantitative estimate of drug-likeness (QED) is 0.829. The van der Waals surface area contributed by atoms with E-state index in [1.807, 2.05) is 36.2 Å². The van der Waals surface area contributed by atoms with Gasteiger partial charge in [0.05, 0.1) is 11.4 Å². The molecule has 8 nitrogen and oxygen atoms in total. The first-order valence-electron chi connectivity index (χ1n) is 10.5. The molecule has 29 heavy (non-hydrogen) atoms. The van der Waals surface area contributed by atoms with E-state index in [2.05, 4.69) is 31.3 Å². The van der Waals surface area contributed by atoms with Gasteiger partial charge in [0, 0.05) is 70.7 Å². The van der Waals surface area contributed by atoms with Crippen LogP contribution >= 0.6 is 0 Å². The number of piperidine rings is 1. The van der Waals surface area contributed by atoms with Gasteiger partial charge in [-0.2, -0.15) is 0 Å². The molecule has 0 aliphatic carbocycles. The van der Waals surface area contributed by atoms with Crippen molar-refractivity contribution in [3.05, 3.63) is 47.6 Å². The number of urea groups is 1. The Morgan fingerprint density at radius 3 is 2.45 bits per heavy atom. The molecule has 0 aromatic carbocycles. The third kappa shape index (κ3) is 5.55. The van der Waals surface area contributed by atoms with Crippen molar-refractivity contribution < 1.29 is 9.32 Å². The Bertz CT molecular complexity index is 779. The standard InChI is InChI=1S/C21H30N6O2/c1-17-14-20(24-29-17)16-26-10-12-27(13-11-26)21(28)23-18-5-8-25(9-6-18)15-19-4-2-3-7-22-19/h2-4,7,14,18H,5-6,8-13,15-16H2,1H3,(H,23,28).